The van der Waals surface area contributed by atoms with Gasteiger partial charge >= 0.3 is 0 Å². The van der Waals surface area contributed by atoms with Crippen molar-refractivity contribution in [3.05, 3.63) is 11.7 Å². The summed E-state index contributed by atoms with van der Waals surface area (Å²) in [4.78, 5) is 9.06. The van der Waals surface area contributed by atoms with Crippen LogP contribution >= 0.6 is 0 Å². The zero-order valence-corrected chi connectivity index (χ0v) is 11.7. The molecular formula is C12H23N5O. The minimum absolute atomic E-state index is 0.544. The van der Waals surface area contributed by atoms with Crippen LogP contribution in [0.2, 0.25) is 0 Å². The van der Waals surface area contributed by atoms with E-state index in [-0.39, 0.29) is 0 Å². The van der Waals surface area contributed by atoms with Crippen LogP contribution in [0.4, 0.5) is 0 Å². The van der Waals surface area contributed by atoms with Crippen LogP contribution in [-0.4, -0.2) is 52.7 Å². The molecule has 1 aliphatic heterocycles. The summed E-state index contributed by atoms with van der Waals surface area (Å²) in [7, 11) is 2.16. The third-order valence-electron chi connectivity index (χ3n) is 3.45. The van der Waals surface area contributed by atoms with Crippen molar-refractivity contribution in [1.29, 1.82) is 0 Å². The molecule has 0 aliphatic carbocycles. The molecule has 1 atom stereocenters. The largest absolute Gasteiger partial charge is 0.338 e. The van der Waals surface area contributed by atoms with E-state index in [1.54, 1.807) is 0 Å². The van der Waals surface area contributed by atoms with E-state index in [1.165, 1.54) is 0 Å². The molecular weight excluding hydrogens is 230 g/mol. The second-order valence-corrected chi connectivity index (χ2v) is 5.80. The first-order chi connectivity index (χ1) is 8.36. The van der Waals surface area contributed by atoms with Crippen LogP contribution in [0.25, 0.3) is 0 Å². The molecule has 1 unspecified atom stereocenters. The normalized spacial score (nSPS) is 23.5. The third kappa shape index (κ3) is 3.07. The number of likely N-dealkylation sites (N-methyl/N-ethyl adjacent to an activating group) is 1. The average molecular weight is 253 g/mol. The number of aromatic nitrogens is 2. The van der Waals surface area contributed by atoms with E-state index in [1.807, 2.05) is 13.8 Å². The van der Waals surface area contributed by atoms with Gasteiger partial charge in [0.15, 0.2) is 5.82 Å². The molecule has 0 spiro atoms. The summed E-state index contributed by atoms with van der Waals surface area (Å²) in [6.07, 6.45) is 0. The molecule has 0 bridgehead atoms. The van der Waals surface area contributed by atoms with Crippen molar-refractivity contribution < 1.29 is 4.52 Å². The van der Waals surface area contributed by atoms with Gasteiger partial charge in [0, 0.05) is 25.7 Å². The van der Waals surface area contributed by atoms with Gasteiger partial charge in [-0.1, -0.05) is 5.16 Å². The van der Waals surface area contributed by atoms with Crippen LogP contribution in [0.1, 0.15) is 32.5 Å². The average Bonchev–Trinajstić information content (AvgIpc) is 2.72. The lowest BCUT2D eigenvalue weighted by molar-refractivity contribution is 0.0914. The molecule has 0 saturated carbocycles. The predicted molar refractivity (Wildman–Crippen MR) is 68.9 cm³/mol. The minimum atomic E-state index is -0.544. The Morgan fingerprint density at radius 2 is 2.17 bits per heavy atom. The zero-order valence-electron chi connectivity index (χ0n) is 11.7. The van der Waals surface area contributed by atoms with Crippen LogP contribution in [0, 0.1) is 0 Å². The van der Waals surface area contributed by atoms with E-state index in [9.17, 15) is 0 Å². The molecule has 6 nitrogen and oxygen atoms in total. The van der Waals surface area contributed by atoms with Crippen LogP contribution in [0.3, 0.4) is 0 Å². The van der Waals surface area contributed by atoms with Gasteiger partial charge in [-0.25, -0.2) is 0 Å². The lowest BCUT2D eigenvalue weighted by atomic mass is 10.1. The smallest absolute Gasteiger partial charge is 0.240 e. The minimum Gasteiger partial charge on any atom is -0.338 e. The van der Waals surface area contributed by atoms with Gasteiger partial charge in [0.2, 0.25) is 5.89 Å². The first kappa shape index (κ1) is 13.5. The first-order valence-corrected chi connectivity index (χ1v) is 6.41. The Morgan fingerprint density at radius 3 is 2.72 bits per heavy atom. The number of hydrogen-bond donors (Lipinski definition) is 1. The highest BCUT2D eigenvalue weighted by molar-refractivity contribution is 4.99. The molecule has 18 heavy (non-hydrogen) atoms. The van der Waals surface area contributed by atoms with Gasteiger partial charge < -0.3 is 15.2 Å². The van der Waals surface area contributed by atoms with Gasteiger partial charge in [-0.3, -0.25) is 4.90 Å². The molecule has 2 N–H and O–H groups in total. The Labute approximate surface area is 108 Å². The van der Waals surface area contributed by atoms with Crippen LogP contribution in [-0.2, 0) is 12.1 Å². The van der Waals surface area contributed by atoms with Gasteiger partial charge in [0.05, 0.1) is 12.1 Å². The van der Waals surface area contributed by atoms with Gasteiger partial charge in [0.1, 0.15) is 0 Å². The summed E-state index contributed by atoms with van der Waals surface area (Å²) in [5.74, 6) is 1.22. The summed E-state index contributed by atoms with van der Waals surface area (Å²) < 4.78 is 5.26. The second-order valence-electron chi connectivity index (χ2n) is 5.80. The number of nitrogens with zero attached hydrogens (tertiary/aromatic N) is 4. The summed E-state index contributed by atoms with van der Waals surface area (Å²) in [5, 5.41) is 3.94. The van der Waals surface area contributed by atoms with E-state index < -0.39 is 5.54 Å². The molecule has 102 valence electrons. The Hall–Kier alpha value is -0.980. The van der Waals surface area contributed by atoms with Crippen LogP contribution in [0.15, 0.2) is 4.52 Å². The molecule has 1 aliphatic rings. The van der Waals surface area contributed by atoms with Crippen molar-refractivity contribution >= 4 is 0 Å². The number of rotatable bonds is 3. The lowest BCUT2D eigenvalue weighted by Crippen LogP contribution is -2.49. The third-order valence-corrected chi connectivity index (χ3v) is 3.45. The van der Waals surface area contributed by atoms with Crippen molar-refractivity contribution in [2.45, 2.75) is 38.9 Å². The molecule has 0 amide bonds. The molecule has 2 rings (SSSR count). The maximum Gasteiger partial charge on any atom is 0.240 e. The number of nitrogens with two attached hydrogens (primary N) is 1. The van der Waals surface area contributed by atoms with E-state index in [2.05, 4.69) is 33.9 Å². The maximum atomic E-state index is 5.94. The SMILES string of the molecule is CC1CN(Cc2nc(C(C)(C)N)no2)CCN1C. The molecule has 1 aromatic heterocycles. The molecule has 1 aromatic rings. The topological polar surface area (TPSA) is 71.4 Å². The Morgan fingerprint density at radius 1 is 1.44 bits per heavy atom. The van der Waals surface area contributed by atoms with Gasteiger partial charge in [-0.15, -0.1) is 0 Å². The van der Waals surface area contributed by atoms with Crippen LogP contribution < -0.4 is 5.73 Å². The standard InChI is InChI=1S/C12H23N5O/c1-9-7-17(6-5-16(9)4)8-10-14-11(15-18-10)12(2,3)13/h9H,5-8,13H2,1-4H3. The Balaban J connectivity index is 1.96. The predicted octanol–water partition coefficient (Wildman–Crippen LogP) is 0.399. The summed E-state index contributed by atoms with van der Waals surface area (Å²) in [6, 6.07) is 0.562. The zero-order chi connectivity index (χ0) is 13.3. The molecule has 1 saturated heterocycles. The highest BCUT2D eigenvalue weighted by atomic mass is 16.5. The van der Waals surface area contributed by atoms with Crippen molar-refractivity contribution in [3.63, 3.8) is 0 Å². The number of piperazine rings is 1. The van der Waals surface area contributed by atoms with Crippen molar-refractivity contribution in [2.24, 2.45) is 5.73 Å². The summed E-state index contributed by atoms with van der Waals surface area (Å²) >= 11 is 0. The Bertz CT molecular complexity index is 397. The van der Waals surface area contributed by atoms with Crippen molar-refractivity contribution in [1.82, 2.24) is 19.9 Å². The fourth-order valence-electron chi connectivity index (χ4n) is 2.04. The number of hydrogen-bond acceptors (Lipinski definition) is 6. The highest BCUT2D eigenvalue weighted by Gasteiger charge is 2.25. The fraction of sp³-hybridized carbons (Fsp3) is 0.833. The maximum absolute atomic E-state index is 5.94. The van der Waals surface area contributed by atoms with Crippen LogP contribution in [0.5, 0.6) is 0 Å². The fourth-order valence-corrected chi connectivity index (χ4v) is 2.04. The molecule has 2 heterocycles. The summed E-state index contributed by atoms with van der Waals surface area (Å²) in [6.45, 7) is 9.82. The van der Waals surface area contributed by atoms with Gasteiger partial charge in [0.25, 0.3) is 0 Å². The van der Waals surface area contributed by atoms with Crippen molar-refractivity contribution in [2.75, 3.05) is 26.7 Å². The van der Waals surface area contributed by atoms with E-state index in [0.717, 1.165) is 19.6 Å². The quantitative estimate of drug-likeness (QED) is 0.840. The Kier molecular flexibility index (Phi) is 3.70. The summed E-state index contributed by atoms with van der Waals surface area (Å²) in [5.41, 5.74) is 5.39. The monoisotopic (exact) mass is 253 g/mol. The first-order valence-electron chi connectivity index (χ1n) is 6.41. The van der Waals surface area contributed by atoms with E-state index in [0.29, 0.717) is 24.3 Å². The van der Waals surface area contributed by atoms with E-state index >= 15 is 0 Å². The molecule has 6 heteroatoms. The lowest BCUT2D eigenvalue weighted by Gasteiger charge is -2.36. The molecule has 0 aromatic carbocycles. The van der Waals surface area contributed by atoms with Gasteiger partial charge in [-0.2, -0.15) is 4.98 Å². The van der Waals surface area contributed by atoms with Gasteiger partial charge in [-0.05, 0) is 27.8 Å². The second kappa shape index (κ2) is 4.95. The van der Waals surface area contributed by atoms with Crippen molar-refractivity contribution in [3.8, 4) is 0 Å². The highest BCUT2D eigenvalue weighted by Crippen LogP contribution is 2.15. The molecule has 1 fully saturated rings. The van der Waals surface area contributed by atoms with E-state index in [4.69, 9.17) is 10.3 Å². The molecule has 0 radical (unpaired) electrons.